The van der Waals surface area contributed by atoms with Crippen LogP contribution in [0, 0.1) is 0 Å². The molecule has 0 atom stereocenters. The first-order chi connectivity index (χ1) is 11.7. The van der Waals surface area contributed by atoms with Gasteiger partial charge in [-0.3, -0.25) is 0 Å². The highest BCUT2D eigenvalue weighted by Gasteiger charge is 2.11. The fourth-order valence-corrected chi connectivity index (χ4v) is 2.82. The number of hydrogen-bond acceptors (Lipinski definition) is 5. The normalized spacial score (nSPS) is 10.3. The zero-order chi connectivity index (χ0) is 17.4. The molecule has 1 N–H and O–H groups in total. The Kier molecular flexibility index (Phi) is 7.21. The fourth-order valence-electron chi connectivity index (χ4n) is 2.21. The number of hydrogen-bond donors (Lipinski definition) is 1. The molecule has 2 rings (SSSR count). The molecule has 0 fully saturated rings. The molecule has 0 unspecified atom stereocenters. The van der Waals surface area contributed by atoms with Gasteiger partial charge in [0, 0.05) is 12.6 Å². The van der Waals surface area contributed by atoms with Gasteiger partial charge in [0.05, 0.1) is 18.7 Å². The van der Waals surface area contributed by atoms with Crippen molar-refractivity contribution in [2.45, 2.75) is 6.54 Å². The second-order valence-electron chi connectivity index (χ2n) is 5.02. The lowest BCUT2D eigenvalue weighted by Crippen LogP contribution is -2.11. The quantitative estimate of drug-likeness (QED) is 0.656. The van der Waals surface area contributed by atoms with Gasteiger partial charge in [0.1, 0.15) is 24.7 Å². The maximum Gasteiger partial charge on any atom is 0.175 e. The minimum Gasteiger partial charge on any atom is -0.497 e. The maximum atomic E-state index is 5.82. The van der Waals surface area contributed by atoms with Gasteiger partial charge in [-0.2, -0.15) is 0 Å². The van der Waals surface area contributed by atoms with Crippen LogP contribution in [0.15, 0.2) is 40.9 Å². The van der Waals surface area contributed by atoms with Crippen LogP contribution in [0.5, 0.6) is 23.0 Å². The molecular weight excluding hydrogens is 374 g/mol. The lowest BCUT2D eigenvalue weighted by atomic mass is 10.2. The Labute approximate surface area is 151 Å². The van der Waals surface area contributed by atoms with Crippen molar-refractivity contribution in [1.29, 1.82) is 0 Å². The summed E-state index contributed by atoms with van der Waals surface area (Å²) in [7, 11) is 5.16. The Morgan fingerprint density at radius 2 is 1.71 bits per heavy atom. The summed E-state index contributed by atoms with van der Waals surface area (Å²) in [5, 5.41) is 3.11. The van der Waals surface area contributed by atoms with Gasteiger partial charge in [-0.1, -0.05) is 6.07 Å². The summed E-state index contributed by atoms with van der Waals surface area (Å²) < 4.78 is 22.9. The molecule has 0 saturated carbocycles. The van der Waals surface area contributed by atoms with E-state index in [0.29, 0.717) is 24.7 Å². The molecule has 0 aromatic heterocycles. The van der Waals surface area contributed by atoms with E-state index in [1.54, 1.807) is 14.2 Å². The van der Waals surface area contributed by atoms with Gasteiger partial charge in [0.2, 0.25) is 0 Å². The van der Waals surface area contributed by atoms with E-state index in [4.69, 9.17) is 18.9 Å². The number of benzene rings is 2. The fraction of sp³-hybridized carbons (Fsp3) is 0.333. The Bertz CT molecular complexity index is 663. The topological polar surface area (TPSA) is 49.0 Å². The van der Waals surface area contributed by atoms with Crippen LogP contribution < -0.4 is 24.3 Å². The number of nitrogens with one attached hydrogen (secondary N) is 1. The lowest BCUT2D eigenvalue weighted by Gasteiger charge is -2.15. The Hall–Kier alpha value is -1.92. The van der Waals surface area contributed by atoms with Crippen LogP contribution in [0.2, 0.25) is 0 Å². The third kappa shape index (κ3) is 5.04. The minimum absolute atomic E-state index is 0.400. The van der Waals surface area contributed by atoms with Gasteiger partial charge in [0.15, 0.2) is 11.5 Å². The molecule has 0 amide bonds. The summed E-state index contributed by atoms with van der Waals surface area (Å²) in [6.07, 6.45) is 0. The van der Waals surface area contributed by atoms with Crippen LogP contribution >= 0.6 is 15.9 Å². The zero-order valence-electron chi connectivity index (χ0n) is 14.1. The summed E-state index contributed by atoms with van der Waals surface area (Å²) in [4.78, 5) is 0. The molecular formula is C18H22BrNO4. The SMILES string of the molecule is CNCc1cc(Br)c(OCCOc2cccc(OC)c2)c(OC)c1. The third-order valence-electron chi connectivity index (χ3n) is 3.31. The van der Waals surface area contributed by atoms with Gasteiger partial charge in [-0.25, -0.2) is 0 Å². The molecule has 5 nitrogen and oxygen atoms in total. The molecule has 0 heterocycles. The minimum atomic E-state index is 0.400. The van der Waals surface area contributed by atoms with Gasteiger partial charge in [0.25, 0.3) is 0 Å². The number of rotatable bonds is 9. The van der Waals surface area contributed by atoms with E-state index in [-0.39, 0.29) is 0 Å². The van der Waals surface area contributed by atoms with Gasteiger partial charge >= 0.3 is 0 Å². The average Bonchev–Trinajstić information content (AvgIpc) is 2.60. The van der Waals surface area contributed by atoms with Crippen molar-refractivity contribution in [3.63, 3.8) is 0 Å². The van der Waals surface area contributed by atoms with Crippen molar-refractivity contribution < 1.29 is 18.9 Å². The first-order valence-corrected chi connectivity index (χ1v) is 8.38. The second-order valence-corrected chi connectivity index (χ2v) is 5.87. The molecule has 0 spiro atoms. The molecule has 2 aromatic carbocycles. The Balaban J connectivity index is 1.93. The molecule has 0 radical (unpaired) electrons. The molecule has 0 bridgehead atoms. The molecule has 0 aliphatic rings. The molecule has 2 aromatic rings. The average molecular weight is 396 g/mol. The largest absolute Gasteiger partial charge is 0.497 e. The standard InChI is InChI=1S/C18H22BrNO4/c1-20-12-13-9-16(19)18(17(10-13)22-3)24-8-7-23-15-6-4-5-14(11-15)21-2/h4-6,9-11,20H,7-8,12H2,1-3H3. The summed E-state index contributed by atoms with van der Waals surface area (Å²) in [6, 6.07) is 11.4. The highest BCUT2D eigenvalue weighted by Crippen LogP contribution is 2.36. The first kappa shape index (κ1) is 18.4. The Morgan fingerprint density at radius 1 is 0.958 bits per heavy atom. The monoisotopic (exact) mass is 395 g/mol. The third-order valence-corrected chi connectivity index (χ3v) is 3.90. The van der Waals surface area contributed by atoms with Crippen LogP contribution in [0.4, 0.5) is 0 Å². The van der Waals surface area contributed by atoms with Gasteiger partial charge in [-0.15, -0.1) is 0 Å². The molecule has 0 aliphatic heterocycles. The molecule has 0 aliphatic carbocycles. The molecule has 130 valence electrons. The van der Waals surface area contributed by atoms with E-state index in [0.717, 1.165) is 28.1 Å². The molecule has 0 saturated heterocycles. The van der Waals surface area contributed by atoms with Crippen LogP contribution in [-0.2, 0) is 6.54 Å². The number of ether oxygens (including phenoxy) is 4. The Morgan fingerprint density at radius 3 is 2.42 bits per heavy atom. The van der Waals surface area contributed by atoms with Crippen molar-refractivity contribution >= 4 is 15.9 Å². The van der Waals surface area contributed by atoms with Crippen molar-refractivity contribution in [1.82, 2.24) is 5.32 Å². The van der Waals surface area contributed by atoms with Crippen molar-refractivity contribution in [3.05, 3.63) is 46.4 Å². The highest BCUT2D eigenvalue weighted by molar-refractivity contribution is 9.10. The van der Waals surface area contributed by atoms with E-state index in [2.05, 4.69) is 21.2 Å². The smallest absolute Gasteiger partial charge is 0.175 e. The lowest BCUT2D eigenvalue weighted by molar-refractivity contribution is 0.210. The second kappa shape index (κ2) is 9.39. The summed E-state index contributed by atoms with van der Waals surface area (Å²) >= 11 is 3.53. The highest BCUT2D eigenvalue weighted by atomic mass is 79.9. The van der Waals surface area contributed by atoms with Crippen molar-refractivity contribution in [2.75, 3.05) is 34.5 Å². The van der Waals surface area contributed by atoms with Crippen LogP contribution in [0.25, 0.3) is 0 Å². The maximum absolute atomic E-state index is 5.82. The van der Waals surface area contributed by atoms with Crippen LogP contribution in [-0.4, -0.2) is 34.5 Å². The molecule has 6 heteroatoms. The zero-order valence-corrected chi connectivity index (χ0v) is 15.7. The molecule has 24 heavy (non-hydrogen) atoms. The van der Waals surface area contributed by atoms with E-state index in [1.807, 2.05) is 43.4 Å². The summed E-state index contributed by atoms with van der Waals surface area (Å²) in [5.41, 5.74) is 1.11. The summed E-state index contributed by atoms with van der Waals surface area (Å²) in [5.74, 6) is 2.87. The van der Waals surface area contributed by atoms with E-state index < -0.39 is 0 Å². The first-order valence-electron chi connectivity index (χ1n) is 7.58. The van der Waals surface area contributed by atoms with E-state index in [9.17, 15) is 0 Å². The predicted molar refractivity (Wildman–Crippen MR) is 97.4 cm³/mol. The number of halogens is 1. The van der Waals surface area contributed by atoms with E-state index in [1.165, 1.54) is 0 Å². The van der Waals surface area contributed by atoms with Crippen LogP contribution in [0.3, 0.4) is 0 Å². The van der Waals surface area contributed by atoms with Gasteiger partial charge in [-0.05, 0) is 52.8 Å². The number of methoxy groups -OCH3 is 2. The van der Waals surface area contributed by atoms with Crippen LogP contribution in [0.1, 0.15) is 5.56 Å². The van der Waals surface area contributed by atoms with Gasteiger partial charge < -0.3 is 24.3 Å². The van der Waals surface area contributed by atoms with Crippen molar-refractivity contribution in [2.24, 2.45) is 0 Å². The summed E-state index contributed by atoms with van der Waals surface area (Å²) in [6.45, 7) is 1.58. The van der Waals surface area contributed by atoms with Crippen molar-refractivity contribution in [3.8, 4) is 23.0 Å². The van der Waals surface area contributed by atoms with E-state index >= 15 is 0 Å². The predicted octanol–water partition coefficient (Wildman–Crippen LogP) is 3.64.